The summed E-state index contributed by atoms with van der Waals surface area (Å²) >= 11 is 0. The summed E-state index contributed by atoms with van der Waals surface area (Å²) in [6, 6.07) is 11.1. The standard InChI is InChI=1S/C24H14F3N3O7/c25-24(26,27)15-2-1-3-18(12-15)28-20(13-4-8-16(9-5-13)29(34)35)19(22(32)23(28)33)21(31)14-6-10-17(11-7-14)30(36)37/h1-12,20,31H/b21-19-. The van der Waals surface area contributed by atoms with Crippen molar-refractivity contribution in [1.29, 1.82) is 0 Å². The second-order valence-corrected chi connectivity index (χ2v) is 7.87. The molecule has 37 heavy (non-hydrogen) atoms. The third-order valence-corrected chi connectivity index (χ3v) is 5.67. The van der Waals surface area contributed by atoms with Crippen LogP contribution in [-0.4, -0.2) is 26.6 Å². The van der Waals surface area contributed by atoms with Gasteiger partial charge in [0.1, 0.15) is 5.76 Å². The molecule has 13 heteroatoms. The maximum atomic E-state index is 13.4. The second kappa shape index (κ2) is 9.18. The van der Waals surface area contributed by atoms with Crippen molar-refractivity contribution in [2.75, 3.05) is 4.90 Å². The number of nitro benzene ring substituents is 2. The molecular weight excluding hydrogens is 499 g/mol. The van der Waals surface area contributed by atoms with Crippen molar-refractivity contribution in [1.82, 2.24) is 0 Å². The van der Waals surface area contributed by atoms with Crippen LogP contribution in [0.5, 0.6) is 0 Å². The number of hydrogen-bond donors (Lipinski definition) is 1. The number of aliphatic hydroxyl groups excluding tert-OH is 1. The van der Waals surface area contributed by atoms with Crippen molar-refractivity contribution in [3.05, 3.63) is 115 Å². The van der Waals surface area contributed by atoms with Crippen molar-refractivity contribution < 1.29 is 37.7 Å². The second-order valence-electron chi connectivity index (χ2n) is 7.87. The fraction of sp³-hybridized carbons (Fsp3) is 0.0833. The molecule has 0 spiro atoms. The number of hydrogen-bond acceptors (Lipinski definition) is 7. The SMILES string of the molecule is O=C1C(=O)N(c2cccc(C(F)(F)F)c2)C(c2ccc([N+](=O)[O-])cc2)/C1=C(/O)c1ccc([N+](=O)[O-])cc1. The molecule has 0 aromatic heterocycles. The molecule has 1 aliphatic heterocycles. The minimum atomic E-state index is -4.76. The van der Waals surface area contributed by atoms with E-state index in [0.29, 0.717) is 6.07 Å². The van der Waals surface area contributed by atoms with Gasteiger partial charge in [-0.25, -0.2) is 0 Å². The summed E-state index contributed by atoms with van der Waals surface area (Å²) in [5.74, 6) is -3.20. The van der Waals surface area contributed by atoms with E-state index in [2.05, 4.69) is 0 Å². The van der Waals surface area contributed by atoms with Gasteiger partial charge in [-0.2, -0.15) is 13.2 Å². The van der Waals surface area contributed by atoms with E-state index in [1.54, 1.807) is 0 Å². The van der Waals surface area contributed by atoms with Crippen molar-refractivity contribution in [3.63, 3.8) is 0 Å². The third-order valence-electron chi connectivity index (χ3n) is 5.67. The Morgan fingerprint density at radius 3 is 1.92 bits per heavy atom. The minimum absolute atomic E-state index is 0.0699. The number of anilines is 1. The molecule has 1 saturated heterocycles. The van der Waals surface area contributed by atoms with Crippen LogP contribution in [0.1, 0.15) is 22.7 Å². The molecule has 1 unspecified atom stereocenters. The topological polar surface area (TPSA) is 144 Å². The molecule has 10 nitrogen and oxygen atoms in total. The average Bonchev–Trinajstić information content (AvgIpc) is 3.13. The van der Waals surface area contributed by atoms with E-state index >= 15 is 0 Å². The summed E-state index contributed by atoms with van der Waals surface area (Å²) in [4.78, 5) is 47.5. The molecule has 1 atom stereocenters. The van der Waals surface area contributed by atoms with E-state index in [0.717, 1.165) is 53.4 Å². The lowest BCUT2D eigenvalue weighted by atomic mass is 9.95. The van der Waals surface area contributed by atoms with E-state index in [9.17, 15) is 48.1 Å². The Morgan fingerprint density at radius 2 is 1.41 bits per heavy atom. The van der Waals surface area contributed by atoms with Crippen molar-refractivity contribution in [2.45, 2.75) is 12.2 Å². The Balaban J connectivity index is 1.93. The van der Waals surface area contributed by atoms with E-state index in [1.165, 1.54) is 18.2 Å². The van der Waals surface area contributed by atoms with E-state index < -0.39 is 50.7 Å². The Bertz CT molecular complexity index is 1470. The van der Waals surface area contributed by atoms with Gasteiger partial charge in [0, 0.05) is 35.5 Å². The molecule has 1 aliphatic rings. The molecular formula is C24H14F3N3O7. The van der Waals surface area contributed by atoms with Gasteiger partial charge in [-0.05, 0) is 48.0 Å². The predicted octanol–water partition coefficient (Wildman–Crippen LogP) is 5.15. The first-order valence-electron chi connectivity index (χ1n) is 10.4. The Hall–Kier alpha value is -5.07. The lowest BCUT2D eigenvalue weighted by molar-refractivity contribution is -0.385. The Kier molecular flexibility index (Phi) is 6.21. The number of halogens is 3. The molecule has 4 rings (SSSR count). The van der Waals surface area contributed by atoms with Gasteiger partial charge in [0.05, 0.1) is 27.0 Å². The van der Waals surface area contributed by atoms with Crippen LogP contribution in [0.25, 0.3) is 5.76 Å². The first-order chi connectivity index (χ1) is 17.4. The number of carbonyl (C=O) groups is 2. The van der Waals surface area contributed by atoms with Crippen LogP contribution in [0.2, 0.25) is 0 Å². The number of carbonyl (C=O) groups excluding carboxylic acids is 2. The highest BCUT2D eigenvalue weighted by Crippen LogP contribution is 2.43. The zero-order valence-corrected chi connectivity index (χ0v) is 18.4. The molecule has 1 fully saturated rings. The highest BCUT2D eigenvalue weighted by Gasteiger charge is 2.47. The Labute approximate surface area is 205 Å². The summed E-state index contributed by atoms with van der Waals surface area (Å²) in [6.45, 7) is 0. The number of non-ortho nitro benzene ring substituents is 2. The fourth-order valence-electron chi connectivity index (χ4n) is 3.92. The summed E-state index contributed by atoms with van der Waals surface area (Å²) < 4.78 is 40.1. The quantitative estimate of drug-likeness (QED) is 0.163. The summed E-state index contributed by atoms with van der Waals surface area (Å²) in [6.07, 6.45) is -4.76. The molecule has 0 aliphatic carbocycles. The number of nitrogens with zero attached hydrogens (tertiary/aromatic N) is 3. The van der Waals surface area contributed by atoms with E-state index in [4.69, 9.17) is 0 Å². The predicted molar refractivity (Wildman–Crippen MR) is 122 cm³/mol. The molecule has 3 aromatic carbocycles. The van der Waals surface area contributed by atoms with Crippen molar-refractivity contribution >= 4 is 34.5 Å². The number of aliphatic hydroxyl groups is 1. The number of alkyl halides is 3. The maximum Gasteiger partial charge on any atom is 0.416 e. The zero-order valence-electron chi connectivity index (χ0n) is 18.4. The summed E-state index contributed by atoms with van der Waals surface area (Å²) in [7, 11) is 0. The number of benzene rings is 3. The normalized spacial score (nSPS) is 17.2. The lowest BCUT2D eigenvalue weighted by Gasteiger charge is -2.26. The molecule has 188 valence electrons. The first kappa shape index (κ1) is 25.0. The number of amides is 1. The summed E-state index contributed by atoms with van der Waals surface area (Å²) in [5, 5.41) is 33.0. The van der Waals surface area contributed by atoms with Gasteiger partial charge in [-0.3, -0.25) is 34.7 Å². The lowest BCUT2D eigenvalue weighted by Crippen LogP contribution is -2.29. The molecule has 1 N–H and O–H groups in total. The van der Waals surface area contributed by atoms with Crippen LogP contribution in [0.4, 0.5) is 30.2 Å². The largest absolute Gasteiger partial charge is 0.507 e. The summed E-state index contributed by atoms with van der Waals surface area (Å²) in [5.41, 5.74) is -2.52. The Morgan fingerprint density at radius 1 is 0.865 bits per heavy atom. The van der Waals surface area contributed by atoms with Gasteiger partial charge in [0.15, 0.2) is 0 Å². The van der Waals surface area contributed by atoms with E-state index in [-0.39, 0.29) is 28.2 Å². The molecule has 0 saturated carbocycles. The third kappa shape index (κ3) is 4.61. The number of ketones is 1. The van der Waals surface area contributed by atoms with Gasteiger partial charge >= 0.3 is 6.18 Å². The number of rotatable bonds is 5. The first-order valence-corrected chi connectivity index (χ1v) is 10.4. The van der Waals surface area contributed by atoms with E-state index in [1.807, 2.05) is 0 Å². The molecule has 1 heterocycles. The van der Waals surface area contributed by atoms with Crippen LogP contribution in [0, 0.1) is 20.2 Å². The zero-order chi connectivity index (χ0) is 27.1. The van der Waals surface area contributed by atoms with Crippen LogP contribution in [0.3, 0.4) is 0 Å². The van der Waals surface area contributed by atoms with Gasteiger partial charge < -0.3 is 5.11 Å². The van der Waals surface area contributed by atoms with Crippen LogP contribution < -0.4 is 4.90 Å². The van der Waals surface area contributed by atoms with Crippen molar-refractivity contribution in [3.8, 4) is 0 Å². The molecule has 0 radical (unpaired) electrons. The highest BCUT2D eigenvalue weighted by atomic mass is 19.4. The molecule has 1 amide bonds. The minimum Gasteiger partial charge on any atom is -0.507 e. The fourth-order valence-corrected chi connectivity index (χ4v) is 3.92. The van der Waals surface area contributed by atoms with Gasteiger partial charge in [0.2, 0.25) is 0 Å². The van der Waals surface area contributed by atoms with Crippen LogP contribution >= 0.6 is 0 Å². The van der Waals surface area contributed by atoms with Gasteiger partial charge in [-0.15, -0.1) is 0 Å². The number of nitro groups is 2. The van der Waals surface area contributed by atoms with Crippen LogP contribution in [-0.2, 0) is 15.8 Å². The average molecular weight is 513 g/mol. The van der Waals surface area contributed by atoms with Gasteiger partial charge in [-0.1, -0.05) is 6.07 Å². The monoisotopic (exact) mass is 513 g/mol. The number of Topliss-reactive ketones (excluding diaryl/α,β-unsaturated/α-hetero) is 1. The molecule has 3 aromatic rings. The maximum absolute atomic E-state index is 13.4. The van der Waals surface area contributed by atoms with Crippen LogP contribution in [0.15, 0.2) is 78.4 Å². The van der Waals surface area contributed by atoms with Gasteiger partial charge in [0.25, 0.3) is 23.1 Å². The smallest absolute Gasteiger partial charge is 0.416 e. The molecule has 0 bridgehead atoms. The van der Waals surface area contributed by atoms with Crippen molar-refractivity contribution in [2.24, 2.45) is 0 Å². The highest BCUT2D eigenvalue weighted by molar-refractivity contribution is 6.51.